The number of amides is 1. The van der Waals surface area contributed by atoms with E-state index in [1.54, 1.807) is 25.5 Å². The molecule has 0 unspecified atom stereocenters. The van der Waals surface area contributed by atoms with Gasteiger partial charge in [0.05, 0.1) is 7.11 Å². The Bertz CT molecular complexity index is 948. The predicted molar refractivity (Wildman–Crippen MR) is 101 cm³/mol. The molecule has 27 heavy (non-hydrogen) atoms. The maximum Gasteiger partial charge on any atom is 0.258 e. The van der Waals surface area contributed by atoms with Crippen molar-refractivity contribution in [2.24, 2.45) is 7.05 Å². The number of rotatable bonds is 6. The topological polar surface area (TPSA) is 78.3 Å². The lowest BCUT2D eigenvalue weighted by Gasteiger charge is -2.09. The van der Waals surface area contributed by atoms with Crippen LogP contribution in [0.5, 0.6) is 17.5 Å². The van der Waals surface area contributed by atoms with Crippen molar-refractivity contribution in [3.8, 4) is 17.5 Å². The van der Waals surface area contributed by atoms with Gasteiger partial charge in [0.25, 0.3) is 5.91 Å². The lowest BCUT2D eigenvalue weighted by atomic mass is 10.1. The van der Waals surface area contributed by atoms with Gasteiger partial charge in [-0.05, 0) is 36.6 Å². The molecule has 140 valence electrons. The van der Waals surface area contributed by atoms with Crippen LogP contribution < -0.4 is 14.8 Å². The van der Waals surface area contributed by atoms with E-state index in [2.05, 4.69) is 15.4 Å². The molecule has 0 saturated carbocycles. The van der Waals surface area contributed by atoms with Crippen LogP contribution in [-0.2, 0) is 13.6 Å². The molecule has 0 aliphatic carbocycles. The molecule has 7 nitrogen and oxygen atoms in total. The first kappa shape index (κ1) is 18.4. The van der Waals surface area contributed by atoms with E-state index in [1.807, 2.05) is 38.1 Å². The van der Waals surface area contributed by atoms with Crippen molar-refractivity contribution < 1.29 is 14.3 Å². The highest BCUT2D eigenvalue weighted by atomic mass is 16.5. The van der Waals surface area contributed by atoms with Crippen molar-refractivity contribution in [1.82, 2.24) is 20.1 Å². The van der Waals surface area contributed by atoms with Crippen LogP contribution in [0.2, 0.25) is 0 Å². The number of carbonyl (C=O) groups excluding carboxylic acids is 1. The van der Waals surface area contributed by atoms with Gasteiger partial charge in [0.1, 0.15) is 11.3 Å². The Kier molecular flexibility index (Phi) is 5.40. The van der Waals surface area contributed by atoms with E-state index in [1.165, 1.54) is 11.8 Å². The summed E-state index contributed by atoms with van der Waals surface area (Å²) in [6.45, 7) is 4.35. The van der Waals surface area contributed by atoms with Gasteiger partial charge in [-0.15, -0.1) is 5.10 Å². The van der Waals surface area contributed by atoms with E-state index in [0.29, 0.717) is 23.9 Å². The van der Waals surface area contributed by atoms with Gasteiger partial charge >= 0.3 is 0 Å². The molecule has 1 N–H and O–H groups in total. The number of aryl methyl sites for hydroxylation is 3. The van der Waals surface area contributed by atoms with Gasteiger partial charge in [0.2, 0.25) is 11.8 Å². The second kappa shape index (κ2) is 7.90. The molecular formula is C20H22N4O3. The molecule has 2 aromatic heterocycles. The first-order valence-corrected chi connectivity index (χ1v) is 8.52. The molecule has 0 bridgehead atoms. The quantitative estimate of drug-likeness (QED) is 0.725. The van der Waals surface area contributed by atoms with Gasteiger partial charge in [-0.2, -0.15) is 0 Å². The van der Waals surface area contributed by atoms with Crippen molar-refractivity contribution in [1.29, 1.82) is 0 Å². The number of hydrogen-bond donors (Lipinski definition) is 1. The number of nitrogens with zero attached hydrogens (tertiary/aromatic N) is 3. The summed E-state index contributed by atoms with van der Waals surface area (Å²) < 4.78 is 12.5. The Hall–Kier alpha value is -3.35. The van der Waals surface area contributed by atoms with Gasteiger partial charge in [-0.25, -0.2) is 4.98 Å². The maximum absolute atomic E-state index is 12.3. The van der Waals surface area contributed by atoms with E-state index in [9.17, 15) is 4.79 Å². The Labute approximate surface area is 158 Å². The van der Waals surface area contributed by atoms with Crippen LogP contribution in [0.4, 0.5) is 0 Å². The number of hydrogen-bond acceptors (Lipinski definition) is 5. The number of nitrogens with one attached hydrogen (secondary N) is 1. The van der Waals surface area contributed by atoms with E-state index in [0.717, 1.165) is 22.4 Å². The smallest absolute Gasteiger partial charge is 0.258 e. The molecular weight excluding hydrogens is 344 g/mol. The second-order valence-corrected chi connectivity index (χ2v) is 6.28. The van der Waals surface area contributed by atoms with Crippen LogP contribution in [0.1, 0.15) is 27.0 Å². The highest BCUT2D eigenvalue weighted by Gasteiger charge is 2.16. The predicted octanol–water partition coefficient (Wildman–Crippen LogP) is 3.16. The minimum atomic E-state index is -0.254. The van der Waals surface area contributed by atoms with Gasteiger partial charge < -0.3 is 14.8 Å². The SMILES string of the molecule is COc1nn(C)cc1C(=O)NCc1ccc(Oc2cc(C)ccc2C)nc1. The molecule has 0 aliphatic heterocycles. The fourth-order valence-electron chi connectivity index (χ4n) is 2.56. The summed E-state index contributed by atoms with van der Waals surface area (Å²) >= 11 is 0. The fourth-order valence-corrected chi connectivity index (χ4v) is 2.56. The van der Waals surface area contributed by atoms with E-state index in [-0.39, 0.29) is 5.91 Å². The van der Waals surface area contributed by atoms with Gasteiger partial charge in [0, 0.05) is 32.1 Å². The third-order valence-corrected chi connectivity index (χ3v) is 4.04. The van der Waals surface area contributed by atoms with E-state index < -0.39 is 0 Å². The normalized spacial score (nSPS) is 10.5. The van der Waals surface area contributed by atoms with Crippen LogP contribution in [0.3, 0.4) is 0 Å². The molecule has 0 aliphatic rings. The number of pyridine rings is 1. The average Bonchev–Trinajstić information content (AvgIpc) is 3.05. The number of methoxy groups -OCH3 is 1. The molecule has 0 saturated heterocycles. The zero-order chi connectivity index (χ0) is 19.4. The summed E-state index contributed by atoms with van der Waals surface area (Å²) in [5.41, 5.74) is 3.42. The van der Waals surface area contributed by atoms with Crippen molar-refractivity contribution >= 4 is 5.91 Å². The molecule has 7 heteroatoms. The Morgan fingerprint density at radius 2 is 2.04 bits per heavy atom. The molecule has 0 atom stereocenters. The van der Waals surface area contributed by atoms with Crippen LogP contribution in [0.15, 0.2) is 42.7 Å². The summed E-state index contributed by atoms with van der Waals surface area (Å²) in [7, 11) is 3.22. The van der Waals surface area contributed by atoms with Crippen LogP contribution in [0, 0.1) is 13.8 Å². The minimum absolute atomic E-state index is 0.254. The van der Waals surface area contributed by atoms with Gasteiger partial charge in [-0.3, -0.25) is 9.48 Å². The van der Waals surface area contributed by atoms with Crippen LogP contribution in [0.25, 0.3) is 0 Å². The van der Waals surface area contributed by atoms with E-state index >= 15 is 0 Å². The summed E-state index contributed by atoms with van der Waals surface area (Å²) in [6.07, 6.45) is 3.30. The van der Waals surface area contributed by atoms with Crippen molar-refractivity contribution in [3.05, 3.63) is 65.0 Å². The maximum atomic E-state index is 12.3. The molecule has 1 aromatic carbocycles. The van der Waals surface area contributed by atoms with Gasteiger partial charge in [0.15, 0.2) is 0 Å². The molecule has 3 rings (SSSR count). The molecule has 2 heterocycles. The van der Waals surface area contributed by atoms with Crippen molar-refractivity contribution in [3.63, 3.8) is 0 Å². The number of ether oxygens (including phenoxy) is 2. The Balaban J connectivity index is 1.62. The van der Waals surface area contributed by atoms with Crippen LogP contribution >= 0.6 is 0 Å². The minimum Gasteiger partial charge on any atom is -0.479 e. The van der Waals surface area contributed by atoms with Crippen LogP contribution in [-0.4, -0.2) is 27.8 Å². The average molecular weight is 366 g/mol. The lowest BCUT2D eigenvalue weighted by molar-refractivity contribution is 0.0948. The zero-order valence-electron chi connectivity index (χ0n) is 15.8. The molecule has 0 radical (unpaired) electrons. The largest absolute Gasteiger partial charge is 0.479 e. The van der Waals surface area contributed by atoms with Crippen molar-refractivity contribution in [2.75, 3.05) is 7.11 Å². The summed E-state index contributed by atoms with van der Waals surface area (Å²) in [5, 5.41) is 6.91. The summed E-state index contributed by atoms with van der Waals surface area (Å²) in [4.78, 5) is 16.6. The second-order valence-electron chi connectivity index (χ2n) is 6.28. The Morgan fingerprint density at radius 3 is 2.74 bits per heavy atom. The molecule has 0 spiro atoms. The first-order chi connectivity index (χ1) is 13.0. The van der Waals surface area contributed by atoms with Gasteiger partial charge in [-0.1, -0.05) is 18.2 Å². The zero-order valence-corrected chi connectivity index (χ0v) is 15.8. The van der Waals surface area contributed by atoms with E-state index in [4.69, 9.17) is 9.47 Å². The molecule has 0 fully saturated rings. The third-order valence-electron chi connectivity index (χ3n) is 4.04. The Morgan fingerprint density at radius 1 is 1.22 bits per heavy atom. The fraction of sp³-hybridized carbons (Fsp3) is 0.250. The standard InChI is InChI=1S/C20H22N4O3/c1-13-5-6-14(2)17(9-13)27-18-8-7-15(10-21-18)11-22-19(25)16-12-24(3)23-20(16)26-4/h5-10,12H,11H2,1-4H3,(H,22,25). The summed E-state index contributed by atoms with van der Waals surface area (Å²) in [6, 6.07) is 9.69. The van der Waals surface area contributed by atoms with Crippen molar-refractivity contribution in [2.45, 2.75) is 20.4 Å². The molecule has 3 aromatic rings. The highest BCUT2D eigenvalue weighted by molar-refractivity contribution is 5.96. The monoisotopic (exact) mass is 366 g/mol. The third kappa shape index (κ3) is 4.44. The molecule has 1 amide bonds. The summed E-state index contributed by atoms with van der Waals surface area (Å²) in [5.74, 6) is 1.33. The first-order valence-electron chi connectivity index (χ1n) is 8.52. The highest BCUT2D eigenvalue weighted by Crippen LogP contribution is 2.24. The number of carbonyl (C=O) groups is 1. The number of benzene rings is 1. The number of aromatic nitrogens is 3. The lowest BCUT2D eigenvalue weighted by Crippen LogP contribution is -2.23.